The zero-order chi connectivity index (χ0) is 39.6. The lowest BCUT2D eigenvalue weighted by molar-refractivity contribution is -0.155. The number of hydrogen-bond acceptors (Lipinski definition) is 9. The summed E-state index contributed by atoms with van der Waals surface area (Å²) in [6.07, 6.45) is 22.1. The van der Waals surface area contributed by atoms with E-state index in [1.54, 1.807) is 0 Å². The molecule has 12 nitrogen and oxygen atoms in total. The highest BCUT2D eigenvalue weighted by molar-refractivity contribution is 5.85. The molecule has 0 heterocycles. The van der Waals surface area contributed by atoms with Crippen LogP contribution >= 0.6 is 0 Å². The van der Waals surface area contributed by atoms with E-state index < -0.39 is 23.6 Å². The van der Waals surface area contributed by atoms with Gasteiger partial charge in [0.1, 0.15) is 18.2 Å². The quantitative estimate of drug-likeness (QED) is 0.0422. The van der Waals surface area contributed by atoms with Gasteiger partial charge in [0.05, 0.1) is 25.9 Å². The van der Waals surface area contributed by atoms with Gasteiger partial charge in [0.25, 0.3) is 0 Å². The Balaban J connectivity index is 4.05. The summed E-state index contributed by atoms with van der Waals surface area (Å²) < 4.78 is 21.1. The highest BCUT2D eigenvalue weighted by Crippen LogP contribution is 2.16. The summed E-state index contributed by atoms with van der Waals surface area (Å²) in [4.78, 5) is 60.2. The minimum absolute atomic E-state index is 0.0466. The normalized spacial score (nSPS) is 12.5. The molecule has 0 aliphatic carbocycles. The third-order valence-electron chi connectivity index (χ3n) is 8.68. The van der Waals surface area contributed by atoms with Crippen LogP contribution in [0.2, 0.25) is 0 Å². The standard InChI is InChI=1S/C41H76N2O10/c1-6-7-24-34(2)52-40(49)35(27-28-36(44)42-29-30-50-31-32-51-33-38(46)47)43-37(45)25-22-20-18-16-14-12-10-8-9-11-13-15-17-19-21-23-26-39(48)53-41(3,4)5/h34-35H,6-33H2,1-5H3,(H,42,44)(H,43,45)(H,46,47)/t34?,35-/m0/s1. The van der Waals surface area contributed by atoms with Crippen molar-refractivity contribution in [3.05, 3.63) is 0 Å². The molecule has 0 saturated carbocycles. The summed E-state index contributed by atoms with van der Waals surface area (Å²) in [5.74, 6) is -2.11. The van der Waals surface area contributed by atoms with Gasteiger partial charge in [-0.05, 0) is 53.4 Å². The maximum absolute atomic E-state index is 12.9. The van der Waals surface area contributed by atoms with Crippen molar-refractivity contribution in [3.8, 4) is 0 Å². The van der Waals surface area contributed by atoms with Crippen LogP contribution in [0.4, 0.5) is 0 Å². The number of carbonyl (C=O) groups excluding carboxylic acids is 4. The Hall–Kier alpha value is -2.73. The maximum Gasteiger partial charge on any atom is 0.329 e. The molecule has 0 rings (SSSR count). The number of carboxylic acids is 1. The second kappa shape index (κ2) is 33.8. The van der Waals surface area contributed by atoms with Gasteiger partial charge in [-0.15, -0.1) is 0 Å². The number of nitrogens with one attached hydrogen (secondary N) is 2. The Morgan fingerprint density at radius 2 is 1.13 bits per heavy atom. The molecule has 2 atom stereocenters. The number of carboxylic acid groups (broad SMARTS) is 1. The third-order valence-corrected chi connectivity index (χ3v) is 8.68. The molecular weight excluding hydrogens is 680 g/mol. The number of carbonyl (C=O) groups is 5. The summed E-state index contributed by atoms with van der Waals surface area (Å²) in [7, 11) is 0. The van der Waals surface area contributed by atoms with E-state index in [2.05, 4.69) is 17.6 Å². The molecule has 53 heavy (non-hydrogen) atoms. The first kappa shape index (κ1) is 50.3. The second-order valence-corrected chi connectivity index (χ2v) is 15.2. The number of hydrogen-bond donors (Lipinski definition) is 3. The van der Waals surface area contributed by atoms with Gasteiger partial charge in [-0.3, -0.25) is 14.4 Å². The Morgan fingerprint density at radius 3 is 1.64 bits per heavy atom. The molecule has 2 amide bonds. The summed E-state index contributed by atoms with van der Waals surface area (Å²) in [5, 5.41) is 14.1. The van der Waals surface area contributed by atoms with Crippen LogP contribution in [0.15, 0.2) is 0 Å². The fourth-order valence-corrected chi connectivity index (χ4v) is 5.77. The number of amides is 2. The maximum atomic E-state index is 12.9. The van der Waals surface area contributed by atoms with Crippen molar-refractivity contribution in [3.63, 3.8) is 0 Å². The van der Waals surface area contributed by atoms with Crippen LogP contribution in [0.25, 0.3) is 0 Å². The van der Waals surface area contributed by atoms with Crippen LogP contribution in [-0.4, -0.2) is 85.5 Å². The first-order valence-corrected chi connectivity index (χ1v) is 20.7. The Bertz CT molecular complexity index is 969. The van der Waals surface area contributed by atoms with Crippen LogP contribution in [0.5, 0.6) is 0 Å². The number of ether oxygens (including phenoxy) is 4. The Labute approximate surface area is 320 Å². The molecular formula is C41H76N2O10. The average Bonchev–Trinajstić information content (AvgIpc) is 3.08. The molecule has 0 aromatic rings. The van der Waals surface area contributed by atoms with Crippen molar-refractivity contribution in [1.82, 2.24) is 10.6 Å². The fourth-order valence-electron chi connectivity index (χ4n) is 5.77. The van der Waals surface area contributed by atoms with Gasteiger partial charge >= 0.3 is 17.9 Å². The predicted octanol–water partition coefficient (Wildman–Crippen LogP) is 7.97. The van der Waals surface area contributed by atoms with E-state index in [0.717, 1.165) is 51.4 Å². The van der Waals surface area contributed by atoms with Crippen molar-refractivity contribution in [2.75, 3.05) is 33.0 Å². The Morgan fingerprint density at radius 1 is 0.623 bits per heavy atom. The zero-order valence-corrected chi connectivity index (χ0v) is 34.1. The van der Waals surface area contributed by atoms with Gasteiger partial charge in [-0.25, -0.2) is 9.59 Å². The lowest BCUT2D eigenvalue weighted by Gasteiger charge is -2.20. The SMILES string of the molecule is CCCCC(C)OC(=O)[C@H](CCC(=O)NCCOCCOCC(=O)O)NC(=O)CCCCCCCCCCCCCCCCCCC(=O)OC(C)(C)C. The monoisotopic (exact) mass is 757 g/mol. The molecule has 0 aliphatic heterocycles. The number of unbranched alkanes of at least 4 members (excludes halogenated alkanes) is 16. The molecule has 310 valence electrons. The summed E-state index contributed by atoms with van der Waals surface area (Å²) in [6, 6.07) is -0.887. The lowest BCUT2D eigenvalue weighted by Crippen LogP contribution is -2.43. The summed E-state index contributed by atoms with van der Waals surface area (Å²) >= 11 is 0. The van der Waals surface area contributed by atoms with Gasteiger partial charge in [0, 0.05) is 25.8 Å². The number of rotatable bonds is 36. The van der Waals surface area contributed by atoms with Crippen LogP contribution < -0.4 is 10.6 Å². The topological polar surface area (TPSA) is 167 Å². The highest BCUT2D eigenvalue weighted by Gasteiger charge is 2.25. The van der Waals surface area contributed by atoms with Gasteiger partial charge < -0.3 is 34.7 Å². The van der Waals surface area contributed by atoms with E-state index in [4.69, 9.17) is 24.1 Å². The zero-order valence-electron chi connectivity index (χ0n) is 34.1. The first-order valence-electron chi connectivity index (χ1n) is 20.7. The number of esters is 2. The van der Waals surface area contributed by atoms with Crippen LogP contribution in [0.3, 0.4) is 0 Å². The largest absolute Gasteiger partial charge is 0.480 e. The van der Waals surface area contributed by atoms with E-state index in [1.807, 2.05) is 27.7 Å². The smallest absolute Gasteiger partial charge is 0.329 e. The van der Waals surface area contributed by atoms with E-state index >= 15 is 0 Å². The van der Waals surface area contributed by atoms with Gasteiger partial charge in [-0.2, -0.15) is 0 Å². The average molecular weight is 757 g/mol. The fraction of sp³-hybridized carbons (Fsp3) is 0.878. The van der Waals surface area contributed by atoms with Crippen LogP contribution in [0, 0.1) is 0 Å². The minimum atomic E-state index is -1.05. The van der Waals surface area contributed by atoms with Crippen molar-refractivity contribution < 1.29 is 48.0 Å². The second-order valence-electron chi connectivity index (χ2n) is 15.2. The molecule has 0 aromatic carbocycles. The third kappa shape index (κ3) is 36.0. The van der Waals surface area contributed by atoms with Gasteiger partial charge in [-0.1, -0.05) is 110 Å². The van der Waals surface area contributed by atoms with Gasteiger partial charge in [0.15, 0.2) is 0 Å². The minimum Gasteiger partial charge on any atom is -0.480 e. The molecule has 0 saturated heterocycles. The summed E-state index contributed by atoms with van der Waals surface area (Å²) in [5.41, 5.74) is -0.393. The Kier molecular flexibility index (Phi) is 32.1. The van der Waals surface area contributed by atoms with Crippen molar-refractivity contribution in [2.24, 2.45) is 0 Å². The summed E-state index contributed by atoms with van der Waals surface area (Å²) in [6.45, 7) is 10.1. The van der Waals surface area contributed by atoms with Gasteiger partial charge in [0.2, 0.25) is 11.8 Å². The van der Waals surface area contributed by atoms with Crippen LogP contribution in [-0.2, 0) is 42.9 Å². The predicted molar refractivity (Wildman–Crippen MR) is 207 cm³/mol. The van der Waals surface area contributed by atoms with Crippen LogP contribution in [0.1, 0.15) is 182 Å². The molecule has 0 radical (unpaired) electrons. The molecule has 0 bridgehead atoms. The molecule has 0 fully saturated rings. The lowest BCUT2D eigenvalue weighted by atomic mass is 10.0. The van der Waals surface area contributed by atoms with Crippen molar-refractivity contribution >= 4 is 29.7 Å². The molecule has 12 heteroatoms. The van der Waals surface area contributed by atoms with Crippen molar-refractivity contribution in [2.45, 2.75) is 200 Å². The molecule has 0 aliphatic rings. The molecule has 1 unspecified atom stereocenters. The number of aliphatic carboxylic acids is 1. The molecule has 0 aromatic heterocycles. The van der Waals surface area contributed by atoms with E-state index in [1.165, 1.54) is 70.6 Å². The molecule has 0 spiro atoms. The van der Waals surface area contributed by atoms with E-state index in [0.29, 0.717) is 12.8 Å². The first-order chi connectivity index (χ1) is 25.3. The van der Waals surface area contributed by atoms with E-state index in [-0.39, 0.29) is 69.7 Å². The van der Waals surface area contributed by atoms with Crippen molar-refractivity contribution in [1.29, 1.82) is 0 Å². The van der Waals surface area contributed by atoms with E-state index in [9.17, 15) is 24.0 Å². The highest BCUT2D eigenvalue weighted by atomic mass is 16.6. The molecule has 3 N–H and O–H groups in total.